The van der Waals surface area contributed by atoms with Crippen LogP contribution >= 0.6 is 0 Å². The Morgan fingerprint density at radius 2 is 1.93 bits per heavy atom. The lowest BCUT2D eigenvalue weighted by Crippen LogP contribution is -2.61. The number of guanidine groups is 1. The van der Waals surface area contributed by atoms with Crippen LogP contribution in [0, 0.1) is 0 Å². The Balaban J connectivity index is 1.54. The number of carbonyl (C=O) groups excluding carboxylic acids is 1. The molecule has 2 saturated heterocycles. The first-order valence-corrected chi connectivity index (χ1v) is 10.7. The molecule has 1 unspecified atom stereocenters. The lowest BCUT2D eigenvalue weighted by Gasteiger charge is -2.48. The van der Waals surface area contributed by atoms with Crippen molar-refractivity contribution in [2.45, 2.75) is 63.5 Å². The molecule has 7 heteroatoms. The van der Waals surface area contributed by atoms with Crippen LogP contribution in [0.2, 0.25) is 0 Å². The third kappa shape index (κ3) is 5.13. The van der Waals surface area contributed by atoms with Gasteiger partial charge in [-0.3, -0.25) is 14.7 Å². The smallest absolute Gasteiger partial charge is 0.222 e. The largest absolute Gasteiger partial charge is 0.379 e. The second-order valence-electron chi connectivity index (χ2n) is 8.13. The van der Waals surface area contributed by atoms with Gasteiger partial charge in [0.05, 0.1) is 13.2 Å². The highest BCUT2D eigenvalue weighted by Gasteiger charge is 2.38. The van der Waals surface area contributed by atoms with Crippen LogP contribution in [0.4, 0.5) is 0 Å². The van der Waals surface area contributed by atoms with Gasteiger partial charge in [-0.2, -0.15) is 0 Å². The number of carbonyl (C=O) groups is 1. The van der Waals surface area contributed by atoms with E-state index in [1.807, 2.05) is 18.9 Å². The molecule has 1 atom stereocenters. The molecule has 1 aliphatic carbocycles. The first kappa shape index (κ1) is 20.4. The van der Waals surface area contributed by atoms with Crippen molar-refractivity contribution in [2.75, 3.05) is 53.0 Å². The maximum absolute atomic E-state index is 11.9. The van der Waals surface area contributed by atoms with Gasteiger partial charge in [0.15, 0.2) is 5.96 Å². The number of nitrogens with zero attached hydrogens (tertiary/aromatic N) is 3. The van der Waals surface area contributed by atoms with E-state index in [-0.39, 0.29) is 17.5 Å². The van der Waals surface area contributed by atoms with E-state index in [1.54, 1.807) is 0 Å². The van der Waals surface area contributed by atoms with E-state index in [4.69, 9.17) is 4.74 Å². The Bertz CT molecular complexity index is 513. The molecule has 1 amide bonds. The summed E-state index contributed by atoms with van der Waals surface area (Å²) in [4.78, 5) is 21.0. The molecule has 1 saturated carbocycles. The monoisotopic (exact) mass is 379 g/mol. The second kappa shape index (κ2) is 9.73. The molecule has 0 aromatic rings. The third-order valence-electron chi connectivity index (χ3n) is 6.46. The van der Waals surface area contributed by atoms with E-state index in [1.165, 1.54) is 32.1 Å². The summed E-state index contributed by atoms with van der Waals surface area (Å²) in [5.41, 5.74) is 0.222. The van der Waals surface area contributed by atoms with E-state index in [2.05, 4.69) is 20.5 Å². The van der Waals surface area contributed by atoms with Crippen LogP contribution < -0.4 is 10.6 Å². The topological polar surface area (TPSA) is 69.2 Å². The summed E-state index contributed by atoms with van der Waals surface area (Å²) in [6.45, 7) is 8.24. The summed E-state index contributed by atoms with van der Waals surface area (Å²) in [5, 5.41) is 7.15. The quantitative estimate of drug-likeness (QED) is 0.555. The number of aliphatic imine (C=N–C) groups is 1. The highest BCUT2D eigenvalue weighted by molar-refractivity contribution is 5.80. The second-order valence-corrected chi connectivity index (χ2v) is 8.13. The van der Waals surface area contributed by atoms with Gasteiger partial charge in [0.2, 0.25) is 5.91 Å². The molecule has 2 N–H and O–H groups in total. The first-order chi connectivity index (χ1) is 13.2. The van der Waals surface area contributed by atoms with Gasteiger partial charge in [-0.05, 0) is 19.3 Å². The fraction of sp³-hybridized carbons (Fsp3) is 0.900. The van der Waals surface area contributed by atoms with Gasteiger partial charge in [0.1, 0.15) is 0 Å². The zero-order valence-electron chi connectivity index (χ0n) is 17.1. The number of hydrogen-bond acceptors (Lipinski definition) is 4. The van der Waals surface area contributed by atoms with Crippen molar-refractivity contribution in [3.05, 3.63) is 0 Å². The summed E-state index contributed by atoms with van der Waals surface area (Å²) < 4.78 is 5.58. The van der Waals surface area contributed by atoms with Crippen LogP contribution in [0.1, 0.15) is 51.9 Å². The summed E-state index contributed by atoms with van der Waals surface area (Å²) >= 11 is 0. The number of morpholine rings is 1. The molecule has 2 aliphatic heterocycles. The van der Waals surface area contributed by atoms with E-state index in [0.717, 1.165) is 58.3 Å². The molecular formula is C20H37N5O2. The normalized spacial score (nSPS) is 26.8. The lowest BCUT2D eigenvalue weighted by molar-refractivity contribution is -0.129. The fourth-order valence-corrected chi connectivity index (χ4v) is 4.82. The minimum Gasteiger partial charge on any atom is -0.379 e. The molecule has 0 aromatic carbocycles. The SMILES string of the molecule is CCC(=O)N1CCC(NC(=NC)NCC2(N3CCOCC3)CCCCC2)C1. The molecular weight excluding hydrogens is 342 g/mol. The number of ether oxygens (including phenoxy) is 1. The molecule has 0 radical (unpaired) electrons. The summed E-state index contributed by atoms with van der Waals surface area (Å²) in [6, 6.07) is 0.289. The number of hydrogen-bond donors (Lipinski definition) is 2. The van der Waals surface area contributed by atoms with Crippen molar-refractivity contribution in [2.24, 2.45) is 4.99 Å². The number of nitrogens with one attached hydrogen (secondary N) is 2. The summed E-state index contributed by atoms with van der Waals surface area (Å²) in [6.07, 6.45) is 8.03. The third-order valence-corrected chi connectivity index (χ3v) is 6.46. The molecule has 0 aromatic heterocycles. The maximum atomic E-state index is 11.9. The summed E-state index contributed by atoms with van der Waals surface area (Å²) in [7, 11) is 1.83. The van der Waals surface area contributed by atoms with Crippen molar-refractivity contribution in [3.8, 4) is 0 Å². The highest BCUT2D eigenvalue weighted by atomic mass is 16.5. The molecule has 2 heterocycles. The zero-order valence-corrected chi connectivity index (χ0v) is 17.1. The van der Waals surface area contributed by atoms with Gasteiger partial charge < -0.3 is 20.3 Å². The summed E-state index contributed by atoms with van der Waals surface area (Å²) in [5.74, 6) is 1.11. The van der Waals surface area contributed by atoms with Crippen LogP contribution in [0.3, 0.4) is 0 Å². The van der Waals surface area contributed by atoms with Gasteiger partial charge >= 0.3 is 0 Å². The van der Waals surface area contributed by atoms with Crippen LogP contribution in [-0.4, -0.2) is 86.2 Å². The molecule has 0 spiro atoms. The van der Waals surface area contributed by atoms with Crippen molar-refractivity contribution in [1.82, 2.24) is 20.4 Å². The van der Waals surface area contributed by atoms with Gasteiger partial charge in [-0.1, -0.05) is 26.2 Å². The predicted octanol–water partition coefficient (Wildman–Crippen LogP) is 1.20. The van der Waals surface area contributed by atoms with Gasteiger partial charge in [0, 0.05) is 57.8 Å². The van der Waals surface area contributed by atoms with E-state index in [0.29, 0.717) is 6.42 Å². The number of rotatable bonds is 5. The van der Waals surface area contributed by atoms with Crippen LogP contribution in [0.5, 0.6) is 0 Å². The molecule has 3 fully saturated rings. The molecule has 3 rings (SSSR count). The Hall–Kier alpha value is -1.34. The van der Waals surface area contributed by atoms with Crippen LogP contribution in [-0.2, 0) is 9.53 Å². The maximum Gasteiger partial charge on any atom is 0.222 e. The number of amides is 1. The fourth-order valence-electron chi connectivity index (χ4n) is 4.82. The van der Waals surface area contributed by atoms with Gasteiger partial charge in [0.25, 0.3) is 0 Å². The van der Waals surface area contributed by atoms with Crippen LogP contribution in [0.15, 0.2) is 4.99 Å². The van der Waals surface area contributed by atoms with Gasteiger partial charge in [-0.15, -0.1) is 0 Å². The minimum absolute atomic E-state index is 0.222. The Morgan fingerprint density at radius 3 is 2.59 bits per heavy atom. The van der Waals surface area contributed by atoms with Gasteiger partial charge in [-0.25, -0.2) is 0 Å². The highest BCUT2D eigenvalue weighted by Crippen LogP contribution is 2.33. The zero-order chi connectivity index (χ0) is 19.1. The van der Waals surface area contributed by atoms with E-state index in [9.17, 15) is 4.79 Å². The Kier molecular flexibility index (Phi) is 7.35. The minimum atomic E-state index is 0.222. The first-order valence-electron chi connectivity index (χ1n) is 10.7. The average Bonchev–Trinajstić information content (AvgIpc) is 3.20. The van der Waals surface area contributed by atoms with Crippen molar-refractivity contribution in [1.29, 1.82) is 0 Å². The molecule has 3 aliphatic rings. The van der Waals surface area contributed by atoms with Crippen LogP contribution in [0.25, 0.3) is 0 Å². The molecule has 0 bridgehead atoms. The number of likely N-dealkylation sites (tertiary alicyclic amines) is 1. The van der Waals surface area contributed by atoms with Crippen molar-refractivity contribution in [3.63, 3.8) is 0 Å². The average molecular weight is 380 g/mol. The lowest BCUT2D eigenvalue weighted by atomic mass is 9.80. The van der Waals surface area contributed by atoms with E-state index < -0.39 is 0 Å². The molecule has 7 nitrogen and oxygen atoms in total. The van der Waals surface area contributed by atoms with Crippen molar-refractivity contribution >= 4 is 11.9 Å². The Labute approximate surface area is 163 Å². The predicted molar refractivity (Wildman–Crippen MR) is 108 cm³/mol. The molecule has 154 valence electrons. The Morgan fingerprint density at radius 1 is 1.19 bits per heavy atom. The standard InChI is InChI=1S/C20H37N5O2/c1-3-18(26)24-10-7-17(15-24)23-19(21-2)22-16-20(8-5-4-6-9-20)25-11-13-27-14-12-25/h17H,3-16H2,1-2H3,(H2,21,22,23). The van der Waals surface area contributed by atoms with E-state index >= 15 is 0 Å². The van der Waals surface area contributed by atoms with Crippen molar-refractivity contribution < 1.29 is 9.53 Å². The molecule has 27 heavy (non-hydrogen) atoms.